The van der Waals surface area contributed by atoms with Crippen molar-refractivity contribution in [1.82, 2.24) is 19.8 Å². The summed E-state index contributed by atoms with van der Waals surface area (Å²) < 4.78 is 3.09. The third-order valence-corrected chi connectivity index (χ3v) is 7.75. The van der Waals surface area contributed by atoms with Crippen LogP contribution >= 0.6 is 0 Å². The molecule has 0 spiro atoms. The van der Waals surface area contributed by atoms with Gasteiger partial charge in [-0.05, 0) is 75.6 Å². The fourth-order valence-electron chi connectivity index (χ4n) is 5.44. The molecule has 1 aromatic heterocycles. The van der Waals surface area contributed by atoms with E-state index in [-0.39, 0.29) is 29.5 Å². The van der Waals surface area contributed by atoms with Gasteiger partial charge in [0.2, 0.25) is 11.8 Å². The number of aromatic nitrogens is 2. The van der Waals surface area contributed by atoms with Crippen molar-refractivity contribution in [2.75, 3.05) is 13.1 Å². The number of piperidine rings is 1. The lowest BCUT2D eigenvalue weighted by molar-refractivity contribution is -0.135. The first-order valence-electron chi connectivity index (χ1n) is 12.8. The SMILES string of the molecule is Cn1c(=O)n(C2CCC(=O)NC2=O)c2ccc(CCCCCNCC3(C=O)CCC(N)CC3)cc21. The number of aryl methyl sites for hydroxylation is 2. The Balaban J connectivity index is 1.28. The van der Waals surface area contributed by atoms with Crippen molar-refractivity contribution >= 4 is 29.1 Å². The summed E-state index contributed by atoms with van der Waals surface area (Å²) in [6, 6.07) is 5.53. The van der Waals surface area contributed by atoms with Gasteiger partial charge in [0.15, 0.2) is 0 Å². The maximum absolute atomic E-state index is 12.9. The molecule has 2 heterocycles. The van der Waals surface area contributed by atoms with Crippen LogP contribution in [0.25, 0.3) is 11.0 Å². The van der Waals surface area contributed by atoms with Crippen LogP contribution in [-0.2, 0) is 27.9 Å². The number of hydrogen-bond donors (Lipinski definition) is 3. The number of benzene rings is 1. The Morgan fingerprint density at radius 3 is 2.60 bits per heavy atom. The van der Waals surface area contributed by atoms with Gasteiger partial charge in [-0.15, -0.1) is 0 Å². The van der Waals surface area contributed by atoms with E-state index in [2.05, 4.69) is 10.6 Å². The van der Waals surface area contributed by atoms with Crippen molar-refractivity contribution in [2.45, 2.75) is 76.3 Å². The van der Waals surface area contributed by atoms with E-state index < -0.39 is 11.9 Å². The van der Waals surface area contributed by atoms with E-state index in [4.69, 9.17) is 5.73 Å². The maximum Gasteiger partial charge on any atom is 0.329 e. The zero-order valence-electron chi connectivity index (χ0n) is 20.6. The molecule has 2 fully saturated rings. The number of imide groups is 1. The molecular formula is C26H37N5O4. The average Bonchev–Trinajstić information content (AvgIpc) is 3.09. The number of fused-ring (bicyclic) bond motifs is 1. The van der Waals surface area contributed by atoms with Crippen molar-refractivity contribution in [1.29, 1.82) is 0 Å². The smallest absolute Gasteiger partial charge is 0.328 e. The first-order valence-corrected chi connectivity index (χ1v) is 12.8. The highest BCUT2D eigenvalue weighted by atomic mass is 16.2. The van der Waals surface area contributed by atoms with Crippen molar-refractivity contribution in [2.24, 2.45) is 18.2 Å². The largest absolute Gasteiger partial charge is 0.329 e. The van der Waals surface area contributed by atoms with Gasteiger partial charge in [0.1, 0.15) is 12.3 Å². The summed E-state index contributed by atoms with van der Waals surface area (Å²) in [5.74, 6) is -0.710. The summed E-state index contributed by atoms with van der Waals surface area (Å²) in [6.07, 6.45) is 9.34. The molecule has 2 aromatic rings. The third-order valence-electron chi connectivity index (χ3n) is 7.75. The molecule has 1 aliphatic heterocycles. The summed E-state index contributed by atoms with van der Waals surface area (Å²) in [4.78, 5) is 48.4. The number of carbonyl (C=O) groups is 3. The average molecular weight is 484 g/mol. The molecule has 9 heteroatoms. The van der Waals surface area contributed by atoms with Crippen molar-refractivity contribution in [3.05, 3.63) is 34.2 Å². The molecule has 1 saturated carbocycles. The van der Waals surface area contributed by atoms with Gasteiger partial charge in [-0.2, -0.15) is 0 Å². The van der Waals surface area contributed by atoms with Gasteiger partial charge < -0.3 is 15.8 Å². The summed E-state index contributed by atoms with van der Waals surface area (Å²) in [5, 5.41) is 5.81. The summed E-state index contributed by atoms with van der Waals surface area (Å²) in [6.45, 7) is 1.63. The van der Waals surface area contributed by atoms with Gasteiger partial charge in [-0.25, -0.2) is 4.79 Å². The number of amides is 2. The van der Waals surface area contributed by atoms with Gasteiger partial charge in [-0.1, -0.05) is 12.5 Å². The van der Waals surface area contributed by atoms with E-state index in [0.29, 0.717) is 11.9 Å². The molecule has 4 rings (SSSR count). The fraction of sp³-hybridized carbons (Fsp3) is 0.615. The standard InChI is InChI=1S/C26H37N5O4/c1-30-22-15-18(5-3-2-4-14-28-16-26(17-32)12-10-19(27)11-13-26)6-7-20(22)31(25(30)35)21-8-9-23(33)29-24(21)34/h6-7,15,17,19,21,28H,2-5,8-14,16,27H2,1H3,(H,29,33,34). The first-order chi connectivity index (χ1) is 16.8. The van der Waals surface area contributed by atoms with E-state index in [0.717, 1.165) is 81.8 Å². The van der Waals surface area contributed by atoms with E-state index in [1.54, 1.807) is 11.6 Å². The highest BCUT2D eigenvalue weighted by Gasteiger charge is 2.34. The Labute approximate surface area is 205 Å². The number of nitrogens with one attached hydrogen (secondary N) is 2. The second-order valence-corrected chi connectivity index (χ2v) is 10.3. The fourth-order valence-corrected chi connectivity index (χ4v) is 5.44. The van der Waals surface area contributed by atoms with E-state index in [9.17, 15) is 19.2 Å². The molecule has 4 N–H and O–H groups in total. The molecule has 2 aliphatic rings. The van der Waals surface area contributed by atoms with Crippen molar-refractivity contribution in [3.63, 3.8) is 0 Å². The van der Waals surface area contributed by atoms with Crippen molar-refractivity contribution < 1.29 is 14.4 Å². The maximum atomic E-state index is 12.9. The molecule has 9 nitrogen and oxygen atoms in total. The van der Waals surface area contributed by atoms with Crippen LogP contribution in [0.4, 0.5) is 0 Å². The van der Waals surface area contributed by atoms with Crippen LogP contribution in [0.15, 0.2) is 23.0 Å². The molecule has 2 amide bonds. The van der Waals surface area contributed by atoms with Gasteiger partial charge in [0, 0.05) is 31.5 Å². The lowest BCUT2D eigenvalue weighted by atomic mass is 9.73. The zero-order chi connectivity index (χ0) is 25.0. The minimum atomic E-state index is -0.661. The summed E-state index contributed by atoms with van der Waals surface area (Å²) >= 11 is 0. The predicted octanol–water partition coefficient (Wildman–Crippen LogP) is 1.71. The highest BCUT2D eigenvalue weighted by Crippen LogP contribution is 2.33. The number of carbonyl (C=O) groups excluding carboxylic acids is 3. The Hall–Kier alpha value is -2.78. The number of imidazole rings is 1. The lowest BCUT2D eigenvalue weighted by Crippen LogP contribution is -2.44. The third kappa shape index (κ3) is 5.56. The Morgan fingerprint density at radius 1 is 1.11 bits per heavy atom. The minimum Gasteiger partial charge on any atom is -0.328 e. The normalized spacial score (nSPS) is 25.1. The van der Waals surface area contributed by atoms with Crippen LogP contribution in [0.2, 0.25) is 0 Å². The van der Waals surface area contributed by atoms with Gasteiger partial charge >= 0.3 is 5.69 Å². The summed E-state index contributed by atoms with van der Waals surface area (Å²) in [5.41, 5.74) is 8.15. The quantitative estimate of drug-likeness (QED) is 0.268. The molecule has 1 aliphatic carbocycles. The lowest BCUT2D eigenvalue weighted by Gasteiger charge is -2.34. The molecule has 0 bridgehead atoms. The minimum absolute atomic E-state index is 0.233. The van der Waals surface area contributed by atoms with Gasteiger partial charge in [-0.3, -0.25) is 24.0 Å². The van der Waals surface area contributed by atoms with Crippen LogP contribution in [-0.4, -0.2) is 46.4 Å². The van der Waals surface area contributed by atoms with Crippen LogP contribution in [0, 0.1) is 5.41 Å². The number of unbranched alkanes of at least 4 members (excludes halogenated alkanes) is 2. The topological polar surface area (TPSA) is 128 Å². The van der Waals surface area contributed by atoms with E-state index >= 15 is 0 Å². The first kappa shape index (κ1) is 25.3. The highest BCUT2D eigenvalue weighted by molar-refractivity contribution is 6.00. The zero-order valence-corrected chi connectivity index (χ0v) is 20.6. The van der Waals surface area contributed by atoms with Gasteiger partial charge in [0.05, 0.1) is 11.0 Å². The molecule has 1 atom stereocenters. The van der Waals surface area contributed by atoms with Crippen LogP contribution in [0.1, 0.15) is 69.4 Å². The number of nitrogens with zero attached hydrogens (tertiary/aromatic N) is 2. The Morgan fingerprint density at radius 2 is 1.89 bits per heavy atom. The monoisotopic (exact) mass is 483 g/mol. The molecule has 1 saturated heterocycles. The Kier molecular flexibility index (Phi) is 7.86. The second-order valence-electron chi connectivity index (χ2n) is 10.3. The second kappa shape index (κ2) is 10.9. The number of hydrogen-bond acceptors (Lipinski definition) is 6. The van der Waals surface area contributed by atoms with Crippen LogP contribution in [0.3, 0.4) is 0 Å². The van der Waals surface area contributed by atoms with E-state index in [1.807, 2.05) is 18.2 Å². The summed E-state index contributed by atoms with van der Waals surface area (Å²) in [7, 11) is 1.72. The van der Waals surface area contributed by atoms with Crippen LogP contribution in [0.5, 0.6) is 0 Å². The molecule has 1 unspecified atom stereocenters. The molecule has 0 radical (unpaired) electrons. The number of nitrogens with two attached hydrogens (primary N) is 1. The molecular weight excluding hydrogens is 446 g/mol. The van der Waals surface area contributed by atoms with Gasteiger partial charge in [0.25, 0.3) is 0 Å². The molecule has 1 aromatic carbocycles. The Bertz CT molecular complexity index is 1140. The number of aldehydes is 1. The van der Waals surface area contributed by atoms with E-state index in [1.165, 1.54) is 4.57 Å². The molecule has 35 heavy (non-hydrogen) atoms. The van der Waals surface area contributed by atoms with Crippen LogP contribution < -0.4 is 22.1 Å². The number of rotatable bonds is 10. The predicted molar refractivity (Wildman–Crippen MR) is 134 cm³/mol. The molecule has 190 valence electrons. The van der Waals surface area contributed by atoms with Crippen molar-refractivity contribution in [3.8, 4) is 0 Å².